The van der Waals surface area contributed by atoms with Gasteiger partial charge < -0.3 is 20.1 Å². The fraction of sp³-hybridized carbons (Fsp3) is 0.308. The number of nitrogens with zero attached hydrogens (tertiary/aromatic N) is 2. The number of rotatable bonds is 9. The number of nitrogens with one attached hydrogen (secondary N) is 3. The molecule has 1 aromatic heterocycles. The van der Waals surface area contributed by atoms with Crippen LogP contribution in [0.5, 0.6) is 5.75 Å². The van der Waals surface area contributed by atoms with E-state index < -0.39 is 0 Å². The molecule has 1 saturated heterocycles. The van der Waals surface area contributed by atoms with Gasteiger partial charge in [0.2, 0.25) is 0 Å². The lowest BCUT2D eigenvalue weighted by atomic mass is 10.1. The van der Waals surface area contributed by atoms with Gasteiger partial charge in [-0.1, -0.05) is 12.1 Å². The van der Waals surface area contributed by atoms with E-state index in [4.69, 9.17) is 9.47 Å². The molecule has 0 saturated carbocycles. The Kier molecular flexibility index (Phi) is 7.06. The molecule has 3 aromatic rings. The van der Waals surface area contributed by atoms with E-state index in [9.17, 15) is 9.18 Å². The number of amides is 1. The maximum Gasteiger partial charge on any atom is 0.257 e. The normalized spacial score (nSPS) is 16.8. The van der Waals surface area contributed by atoms with E-state index in [2.05, 4.69) is 25.7 Å². The molecule has 8 nitrogen and oxygen atoms in total. The molecule has 1 fully saturated rings. The number of anilines is 2. The summed E-state index contributed by atoms with van der Waals surface area (Å²) in [6.45, 7) is 5.36. The monoisotopic (exact) mass is 477 g/mol. The Labute approximate surface area is 203 Å². The predicted octanol–water partition coefficient (Wildman–Crippen LogP) is 3.65. The second kappa shape index (κ2) is 10.7. The Morgan fingerprint density at radius 1 is 1.14 bits per heavy atom. The number of halogens is 1. The molecule has 0 atom stereocenters. The zero-order valence-electron chi connectivity index (χ0n) is 19.4. The number of aromatic amines is 1. The number of fused-ring (bicyclic) bond motifs is 1. The van der Waals surface area contributed by atoms with Crippen molar-refractivity contribution in [3.8, 4) is 5.75 Å². The first-order valence-electron chi connectivity index (χ1n) is 11.8. The highest BCUT2D eigenvalue weighted by atomic mass is 19.1. The Morgan fingerprint density at radius 2 is 1.97 bits per heavy atom. The minimum Gasteiger partial charge on any atom is -0.494 e. The molecule has 0 aliphatic carbocycles. The lowest BCUT2D eigenvalue weighted by molar-refractivity contribution is -0.110. The van der Waals surface area contributed by atoms with Crippen molar-refractivity contribution >= 4 is 23.0 Å². The highest BCUT2D eigenvalue weighted by Crippen LogP contribution is 2.32. The molecule has 0 spiro atoms. The van der Waals surface area contributed by atoms with Crippen LogP contribution in [-0.2, 0) is 16.0 Å². The van der Waals surface area contributed by atoms with Gasteiger partial charge in [0.25, 0.3) is 5.91 Å². The molecule has 1 amide bonds. The highest BCUT2D eigenvalue weighted by Gasteiger charge is 2.24. The second-order valence-corrected chi connectivity index (χ2v) is 8.60. The largest absolute Gasteiger partial charge is 0.494 e. The lowest BCUT2D eigenvalue weighted by Gasteiger charge is -2.26. The average Bonchev–Trinajstić information content (AvgIpc) is 3.45. The first-order valence-corrected chi connectivity index (χ1v) is 11.8. The molecule has 182 valence electrons. The summed E-state index contributed by atoms with van der Waals surface area (Å²) in [5, 5.41) is 13.0. The molecule has 2 aromatic carbocycles. The first kappa shape index (κ1) is 23.1. The van der Waals surface area contributed by atoms with Gasteiger partial charge in [-0.2, -0.15) is 5.10 Å². The predicted molar refractivity (Wildman–Crippen MR) is 132 cm³/mol. The summed E-state index contributed by atoms with van der Waals surface area (Å²) in [6, 6.07) is 14.1. The van der Waals surface area contributed by atoms with Gasteiger partial charge in [0.15, 0.2) is 0 Å². The van der Waals surface area contributed by atoms with E-state index >= 15 is 0 Å². The molecule has 35 heavy (non-hydrogen) atoms. The van der Waals surface area contributed by atoms with Crippen molar-refractivity contribution in [1.82, 2.24) is 15.1 Å². The zero-order chi connectivity index (χ0) is 24.0. The molecule has 5 rings (SSSR count). The SMILES string of the molecule is O=C1Nc2ccc(F)cc2/C1=C\Nc1cc(Cc2ccc(OCCCN3CCOCC3)cc2)n[nH]1. The maximum atomic E-state index is 13.6. The maximum absolute atomic E-state index is 13.6. The molecule has 0 radical (unpaired) electrons. The third kappa shape index (κ3) is 5.87. The van der Waals surface area contributed by atoms with Crippen LogP contribution < -0.4 is 15.4 Å². The van der Waals surface area contributed by atoms with Crippen LogP contribution >= 0.6 is 0 Å². The summed E-state index contributed by atoms with van der Waals surface area (Å²) >= 11 is 0. The van der Waals surface area contributed by atoms with Crippen molar-refractivity contribution in [2.24, 2.45) is 0 Å². The van der Waals surface area contributed by atoms with Crippen molar-refractivity contribution in [3.63, 3.8) is 0 Å². The van der Waals surface area contributed by atoms with Crippen molar-refractivity contribution in [1.29, 1.82) is 0 Å². The Bertz CT molecular complexity index is 1200. The van der Waals surface area contributed by atoms with Crippen LogP contribution in [0.4, 0.5) is 15.9 Å². The second-order valence-electron chi connectivity index (χ2n) is 8.60. The van der Waals surface area contributed by atoms with E-state index in [0.717, 1.165) is 56.3 Å². The van der Waals surface area contributed by atoms with Crippen LogP contribution in [0.25, 0.3) is 5.57 Å². The number of H-pyrrole nitrogens is 1. The topological polar surface area (TPSA) is 91.5 Å². The number of ether oxygens (including phenoxy) is 2. The first-order chi connectivity index (χ1) is 17.1. The van der Waals surface area contributed by atoms with Crippen LogP contribution in [0.2, 0.25) is 0 Å². The third-order valence-corrected chi connectivity index (χ3v) is 6.07. The Morgan fingerprint density at radius 3 is 2.80 bits per heavy atom. The number of carbonyl (C=O) groups is 1. The quantitative estimate of drug-likeness (QED) is 0.322. The number of aromatic nitrogens is 2. The van der Waals surface area contributed by atoms with Crippen molar-refractivity contribution in [2.45, 2.75) is 12.8 Å². The smallest absolute Gasteiger partial charge is 0.257 e. The highest BCUT2D eigenvalue weighted by molar-refractivity contribution is 6.31. The standard InChI is InChI=1S/C26H28FN5O3/c27-19-4-7-24-22(15-19)23(26(33)29-24)17-28-25-16-20(30-31-25)14-18-2-5-21(6-3-18)35-11-1-8-32-9-12-34-13-10-32/h2-7,15-17H,1,8-14H2,(H,29,33)(H2,28,30,31)/b23-17+. The molecule has 3 heterocycles. The number of hydrogen-bond acceptors (Lipinski definition) is 6. The van der Waals surface area contributed by atoms with Gasteiger partial charge >= 0.3 is 0 Å². The van der Waals surface area contributed by atoms with Crippen LogP contribution in [-0.4, -0.2) is 60.5 Å². The van der Waals surface area contributed by atoms with Crippen molar-refractivity contribution < 1.29 is 18.7 Å². The molecule has 2 aliphatic heterocycles. The molecular formula is C26H28FN5O3. The van der Waals surface area contributed by atoms with E-state index in [1.54, 1.807) is 12.3 Å². The van der Waals surface area contributed by atoms with Crippen LogP contribution in [0.3, 0.4) is 0 Å². The molecule has 2 aliphatic rings. The fourth-order valence-electron chi connectivity index (χ4n) is 4.20. The van der Waals surface area contributed by atoms with E-state index in [-0.39, 0.29) is 11.7 Å². The number of benzene rings is 2. The third-order valence-electron chi connectivity index (χ3n) is 6.07. The van der Waals surface area contributed by atoms with Gasteiger partial charge in [-0.15, -0.1) is 0 Å². The number of hydrogen-bond donors (Lipinski definition) is 3. The van der Waals surface area contributed by atoms with Crippen LogP contribution in [0, 0.1) is 5.82 Å². The van der Waals surface area contributed by atoms with Gasteiger partial charge in [-0.3, -0.25) is 14.8 Å². The lowest BCUT2D eigenvalue weighted by Crippen LogP contribution is -2.37. The summed E-state index contributed by atoms with van der Waals surface area (Å²) in [7, 11) is 0. The number of carbonyl (C=O) groups excluding carboxylic acids is 1. The minimum atomic E-state index is -0.389. The summed E-state index contributed by atoms with van der Waals surface area (Å²) in [6.07, 6.45) is 3.20. The molecular weight excluding hydrogens is 449 g/mol. The minimum absolute atomic E-state index is 0.277. The van der Waals surface area contributed by atoms with Gasteiger partial charge in [0.1, 0.15) is 17.4 Å². The molecule has 9 heteroatoms. The van der Waals surface area contributed by atoms with Crippen LogP contribution in [0.1, 0.15) is 23.2 Å². The van der Waals surface area contributed by atoms with Crippen molar-refractivity contribution in [2.75, 3.05) is 50.1 Å². The van der Waals surface area contributed by atoms with Gasteiger partial charge in [-0.25, -0.2) is 4.39 Å². The summed E-state index contributed by atoms with van der Waals surface area (Å²) in [5.74, 6) is 0.837. The summed E-state index contributed by atoms with van der Waals surface area (Å²) < 4.78 is 24.8. The fourth-order valence-corrected chi connectivity index (χ4v) is 4.20. The van der Waals surface area contributed by atoms with Crippen molar-refractivity contribution in [3.05, 3.63) is 77.4 Å². The Hall–Kier alpha value is -3.69. The van der Waals surface area contributed by atoms with Gasteiger partial charge in [0.05, 0.1) is 31.1 Å². The Balaban J connectivity index is 1.11. The van der Waals surface area contributed by atoms with Gasteiger partial charge in [-0.05, 0) is 42.3 Å². The van der Waals surface area contributed by atoms with Crippen LogP contribution in [0.15, 0.2) is 54.7 Å². The van der Waals surface area contributed by atoms with E-state index in [1.807, 2.05) is 30.3 Å². The summed E-state index contributed by atoms with van der Waals surface area (Å²) in [5.41, 5.74) is 3.47. The molecule has 0 bridgehead atoms. The van der Waals surface area contributed by atoms with Gasteiger partial charge in [0, 0.05) is 49.6 Å². The number of morpholine rings is 1. The van der Waals surface area contributed by atoms with E-state index in [1.165, 1.54) is 12.1 Å². The molecule has 0 unspecified atom stereocenters. The van der Waals surface area contributed by atoms with E-state index in [0.29, 0.717) is 35.7 Å². The zero-order valence-corrected chi connectivity index (χ0v) is 19.4. The average molecular weight is 478 g/mol. The summed E-state index contributed by atoms with van der Waals surface area (Å²) in [4.78, 5) is 14.6. The molecule has 3 N–H and O–H groups in total.